The van der Waals surface area contributed by atoms with E-state index in [0.717, 1.165) is 31.2 Å². The van der Waals surface area contributed by atoms with E-state index in [2.05, 4.69) is 4.90 Å². The minimum atomic E-state index is -0.200. The van der Waals surface area contributed by atoms with Crippen molar-refractivity contribution in [1.29, 1.82) is 0 Å². The fraction of sp³-hybridized carbons (Fsp3) is 0.435. The normalized spacial score (nSPS) is 23.5. The third kappa shape index (κ3) is 3.58. The van der Waals surface area contributed by atoms with Gasteiger partial charge in [0.2, 0.25) is 5.91 Å². The summed E-state index contributed by atoms with van der Waals surface area (Å²) >= 11 is 0. The van der Waals surface area contributed by atoms with Crippen LogP contribution >= 0.6 is 0 Å². The van der Waals surface area contributed by atoms with Crippen molar-refractivity contribution in [3.63, 3.8) is 0 Å². The molecule has 4 rings (SSSR count). The van der Waals surface area contributed by atoms with Gasteiger partial charge in [-0.25, -0.2) is 4.39 Å². The van der Waals surface area contributed by atoms with E-state index in [9.17, 15) is 9.18 Å². The van der Waals surface area contributed by atoms with Crippen molar-refractivity contribution in [3.8, 4) is 11.5 Å². The predicted molar refractivity (Wildman–Crippen MR) is 105 cm³/mol. The van der Waals surface area contributed by atoms with Crippen LogP contribution in [0, 0.1) is 5.82 Å². The van der Waals surface area contributed by atoms with Gasteiger partial charge >= 0.3 is 0 Å². The Bertz CT molecular complexity index is 837. The van der Waals surface area contributed by atoms with Gasteiger partial charge in [0, 0.05) is 12.1 Å². The number of hydrogen-bond acceptors (Lipinski definition) is 3. The number of amides is 1. The second-order valence-electron chi connectivity index (χ2n) is 7.77. The van der Waals surface area contributed by atoms with E-state index in [1.165, 1.54) is 17.7 Å². The Labute approximate surface area is 165 Å². The number of carbonyl (C=O) groups is 1. The minimum absolute atomic E-state index is 0.178. The molecule has 148 valence electrons. The van der Waals surface area contributed by atoms with E-state index < -0.39 is 0 Å². The van der Waals surface area contributed by atoms with Crippen LogP contribution in [0.25, 0.3) is 0 Å². The van der Waals surface area contributed by atoms with Crippen LogP contribution in [0.5, 0.6) is 11.5 Å². The smallest absolute Gasteiger partial charge is 0.227 e. The SMILES string of the molecule is COc1ccc(CC(=O)N2[C@@H]3CC[C@@H]2CC(c2ccc(F)cc2)C3)cc1OC. The molecule has 2 bridgehead atoms. The molecule has 2 saturated heterocycles. The van der Waals surface area contributed by atoms with Gasteiger partial charge in [-0.3, -0.25) is 4.79 Å². The van der Waals surface area contributed by atoms with Crippen LogP contribution in [0.15, 0.2) is 42.5 Å². The number of carbonyl (C=O) groups excluding carboxylic acids is 1. The first-order chi connectivity index (χ1) is 13.6. The van der Waals surface area contributed by atoms with Gasteiger partial charge in [-0.2, -0.15) is 0 Å². The molecule has 2 atom stereocenters. The summed E-state index contributed by atoms with van der Waals surface area (Å²) in [4.78, 5) is 15.2. The molecular formula is C23H26FNO3. The van der Waals surface area contributed by atoms with Crippen LogP contribution in [0.4, 0.5) is 4.39 Å². The molecule has 2 aromatic rings. The van der Waals surface area contributed by atoms with Crippen molar-refractivity contribution < 1.29 is 18.7 Å². The largest absolute Gasteiger partial charge is 0.493 e. The summed E-state index contributed by atoms with van der Waals surface area (Å²) in [5.74, 6) is 1.69. The summed E-state index contributed by atoms with van der Waals surface area (Å²) in [5, 5.41) is 0. The predicted octanol–water partition coefficient (Wildman–Crippen LogP) is 4.32. The summed E-state index contributed by atoms with van der Waals surface area (Å²) in [6, 6.07) is 13.1. The summed E-state index contributed by atoms with van der Waals surface area (Å²) in [6.45, 7) is 0. The fourth-order valence-electron chi connectivity index (χ4n) is 4.85. The summed E-state index contributed by atoms with van der Waals surface area (Å²) in [5.41, 5.74) is 2.12. The highest BCUT2D eigenvalue weighted by molar-refractivity contribution is 5.80. The van der Waals surface area contributed by atoms with Crippen LogP contribution in [0.2, 0.25) is 0 Å². The lowest BCUT2D eigenvalue weighted by molar-refractivity contribution is -0.135. The van der Waals surface area contributed by atoms with Gasteiger partial charge in [-0.15, -0.1) is 0 Å². The first kappa shape index (κ1) is 18.8. The van der Waals surface area contributed by atoms with E-state index in [4.69, 9.17) is 9.47 Å². The third-order valence-electron chi connectivity index (χ3n) is 6.17. The van der Waals surface area contributed by atoms with Crippen LogP contribution in [0.3, 0.4) is 0 Å². The molecule has 28 heavy (non-hydrogen) atoms. The lowest BCUT2D eigenvalue weighted by Gasteiger charge is -2.39. The number of benzene rings is 2. The van der Waals surface area contributed by atoms with Crippen LogP contribution < -0.4 is 9.47 Å². The molecule has 0 N–H and O–H groups in total. The van der Waals surface area contributed by atoms with Gasteiger partial charge in [0.25, 0.3) is 0 Å². The Hall–Kier alpha value is -2.56. The zero-order chi connectivity index (χ0) is 19.7. The lowest BCUT2D eigenvalue weighted by Crippen LogP contribution is -2.46. The highest BCUT2D eigenvalue weighted by Crippen LogP contribution is 2.43. The third-order valence-corrected chi connectivity index (χ3v) is 6.17. The molecule has 1 amide bonds. The Morgan fingerprint density at radius 1 is 1.00 bits per heavy atom. The number of halogens is 1. The molecule has 2 aliphatic rings. The topological polar surface area (TPSA) is 38.8 Å². The Kier molecular flexibility index (Phi) is 5.25. The van der Waals surface area contributed by atoms with E-state index in [1.807, 2.05) is 30.3 Å². The van der Waals surface area contributed by atoms with Crippen molar-refractivity contribution >= 4 is 5.91 Å². The maximum absolute atomic E-state index is 13.2. The van der Waals surface area contributed by atoms with Crippen molar-refractivity contribution in [2.45, 2.75) is 50.1 Å². The maximum atomic E-state index is 13.2. The average molecular weight is 383 g/mol. The highest BCUT2D eigenvalue weighted by atomic mass is 19.1. The van der Waals surface area contributed by atoms with Crippen molar-refractivity contribution in [3.05, 3.63) is 59.4 Å². The standard InChI is InChI=1S/C23H26FNO3/c1-27-21-10-3-15(11-22(21)28-2)12-23(26)25-19-8-9-20(25)14-17(13-19)16-4-6-18(24)7-5-16/h3-7,10-11,17,19-20H,8-9,12-14H2,1-2H3/t19-,20-/m1/s1. The zero-order valence-electron chi connectivity index (χ0n) is 16.4. The van der Waals surface area contributed by atoms with Crippen molar-refractivity contribution in [1.82, 2.24) is 4.90 Å². The van der Waals surface area contributed by atoms with Gasteiger partial charge < -0.3 is 14.4 Å². The Balaban J connectivity index is 1.46. The quantitative estimate of drug-likeness (QED) is 0.772. The van der Waals surface area contributed by atoms with Crippen molar-refractivity contribution in [2.24, 2.45) is 0 Å². The summed E-state index contributed by atoms with van der Waals surface area (Å²) in [6.07, 6.45) is 4.40. The van der Waals surface area contributed by atoms with Crippen LogP contribution in [0.1, 0.15) is 42.7 Å². The van der Waals surface area contributed by atoms with Gasteiger partial charge in [-0.1, -0.05) is 18.2 Å². The molecule has 0 saturated carbocycles. The summed E-state index contributed by atoms with van der Waals surface area (Å²) < 4.78 is 23.9. The van der Waals surface area contributed by atoms with Gasteiger partial charge in [-0.05, 0) is 67.0 Å². The number of fused-ring (bicyclic) bond motifs is 2. The number of nitrogens with zero attached hydrogens (tertiary/aromatic N) is 1. The van der Waals surface area contributed by atoms with Crippen LogP contribution in [-0.4, -0.2) is 37.1 Å². The van der Waals surface area contributed by atoms with E-state index in [-0.39, 0.29) is 23.8 Å². The number of rotatable bonds is 5. The molecule has 2 aromatic carbocycles. The molecule has 5 heteroatoms. The number of ether oxygens (including phenoxy) is 2. The minimum Gasteiger partial charge on any atom is -0.493 e. The second kappa shape index (κ2) is 7.82. The molecular weight excluding hydrogens is 357 g/mol. The maximum Gasteiger partial charge on any atom is 0.227 e. The van der Waals surface area contributed by atoms with Gasteiger partial charge in [0.05, 0.1) is 20.6 Å². The zero-order valence-corrected chi connectivity index (χ0v) is 16.4. The van der Waals surface area contributed by atoms with Crippen LogP contribution in [-0.2, 0) is 11.2 Å². The number of methoxy groups -OCH3 is 2. The monoisotopic (exact) mass is 383 g/mol. The summed E-state index contributed by atoms with van der Waals surface area (Å²) in [7, 11) is 3.20. The van der Waals surface area contributed by atoms with E-state index in [0.29, 0.717) is 23.8 Å². The molecule has 0 spiro atoms. The molecule has 0 radical (unpaired) electrons. The first-order valence-electron chi connectivity index (χ1n) is 9.86. The lowest BCUT2D eigenvalue weighted by atomic mass is 9.85. The van der Waals surface area contributed by atoms with E-state index in [1.54, 1.807) is 14.2 Å². The van der Waals surface area contributed by atoms with E-state index >= 15 is 0 Å². The Morgan fingerprint density at radius 2 is 1.64 bits per heavy atom. The molecule has 2 heterocycles. The molecule has 2 aliphatic heterocycles. The molecule has 0 aliphatic carbocycles. The number of hydrogen-bond donors (Lipinski definition) is 0. The van der Waals surface area contributed by atoms with Gasteiger partial charge in [0.15, 0.2) is 11.5 Å². The molecule has 0 unspecified atom stereocenters. The van der Waals surface area contributed by atoms with Crippen molar-refractivity contribution in [2.75, 3.05) is 14.2 Å². The highest BCUT2D eigenvalue weighted by Gasteiger charge is 2.43. The van der Waals surface area contributed by atoms with Gasteiger partial charge in [0.1, 0.15) is 5.82 Å². The molecule has 0 aromatic heterocycles. The molecule has 4 nitrogen and oxygen atoms in total. The fourth-order valence-corrected chi connectivity index (χ4v) is 4.85. The Morgan fingerprint density at radius 3 is 2.25 bits per heavy atom. The average Bonchev–Trinajstić information content (AvgIpc) is 2.98. The molecule has 2 fully saturated rings. The second-order valence-corrected chi connectivity index (χ2v) is 7.77. The first-order valence-corrected chi connectivity index (χ1v) is 9.86. The number of piperidine rings is 1.